The molecule has 0 bridgehead atoms. The van der Waals surface area contributed by atoms with E-state index in [0.29, 0.717) is 0 Å². The van der Waals surface area contributed by atoms with Crippen molar-refractivity contribution in [2.24, 2.45) is 0 Å². The first-order valence-electron chi connectivity index (χ1n) is 4.91. The first kappa shape index (κ1) is 10.1. The Morgan fingerprint density at radius 2 is 2.29 bits per heavy atom. The van der Waals surface area contributed by atoms with Gasteiger partial charge in [0.15, 0.2) is 0 Å². The zero-order valence-electron chi connectivity index (χ0n) is 8.89. The Morgan fingerprint density at radius 1 is 1.50 bits per heavy atom. The molecule has 14 heavy (non-hydrogen) atoms. The van der Waals surface area contributed by atoms with Gasteiger partial charge in [0.25, 0.3) is 0 Å². The summed E-state index contributed by atoms with van der Waals surface area (Å²) in [5.74, 6) is 0. The molecule has 78 valence electrons. The summed E-state index contributed by atoms with van der Waals surface area (Å²) in [7, 11) is 0. The van der Waals surface area contributed by atoms with E-state index in [2.05, 4.69) is 24.1 Å². The standard InChI is InChI=1S/C10H16N2OS/c1-7-9(14-8(2)12-7)10(3)6-11-4-5-13-10/h11H,4-6H2,1-3H3. The number of ether oxygens (including phenoxy) is 1. The van der Waals surface area contributed by atoms with Gasteiger partial charge in [-0.2, -0.15) is 0 Å². The summed E-state index contributed by atoms with van der Waals surface area (Å²) >= 11 is 1.74. The highest BCUT2D eigenvalue weighted by Gasteiger charge is 2.33. The van der Waals surface area contributed by atoms with Crippen LogP contribution in [0.4, 0.5) is 0 Å². The monoisotopic (exact) mass is 212 g/mol. The zero-order chi connectivity index (χ0) is 10.2. The fraction of sp³-hybridized carbons (Fsp3) is 0.700. The molecule has 1 aromatic heterocycles. The predicted molar refractivity (Wildman–Crippen MR) is 57.8 cm³/mol. The molecular weight excluding hydrogens is 196 g/mol. The van der Waals surface area contributed by atoms with E-state index in [1.807, 2.05) is 6.92 Å². The second-order valence-corrected chi connectivity index (χ2v) is 5.11. The highest BCUT2D eigenvalue weighted by atomic mass is 32.1. The van der Waals surface area contributed by atoms with Crippen LogP contribution in [0.25, 0.3) is 0 Å². The lowest BCUT2D eigenvalue weighted by Crippen LogP contribution is -2.45. The van der Waals surface area contributed by atoms with Crippen molar-refractivity contribution in [2.45, 2.75) is 26.4 Å². The summed E-state index contributed by atoms with van der Waals surface area (Å²) in [5, 5.41) is 4.48. The molecule has 1 unspecified atom stereocenters. The number of thiazole rings is 1. The van der Waals surface area contributed by atoms with Crippen LogP contribution in [0.5, 0.6) is 0 Å². The number of aryl methyl sites for hydroxylation is 2. The molecule has 0 saturated carbocycles. The van der Waals surface area contributed by atoms with Crippen molar-refractivity contribution < 1.29 is 4.74 Å². The molecule has 1 atom stereocenters. The van der Waals surface area contributed by atoms with E-state index in [1.54, 1.807) is 11.3 Å². The molecule has 2 heterocycles. The second kappa shape index (κ2) is 3.61. The number of hydrogen-bond acceptors (Lipinski definition) is 4. The van der Waals surface area contributed by atoms with E-state index < -0.39 is 0 Å². The van der Waals surface area contributed by atoms with Gasteiger partial charge >= 0.3 is 0 Å². The average molecular weight is 212 g/mol. The topological polar surface area (TPSA) is 34.2 Å². The van der Waals surface area contributed by atoms with Crippen molar-refractivity contribution in [3.05, 3.63) is 15.6 Å². The molecule has 1 aliphatic rings. The maximum atomic E-state index is 5.85. The predicted octanol–water partition coefficient (Wildman–Crippen LogP) is 1.59. The second-order valence-electron chi connectivity index (χ2n) is 3.90. The number of aromatic nitrogens is 1. The highest BCUT2D eigenvalue weighted by molar-refractivity contribution is 7.11. The van der Waals surface area contributed by atoms with Crippen molar-refractivity contribution in [3.63, 3.8) is 0 Å². The lowest BCUT2D eigenvalue weighted by Gasteiger charge is -2.33. The lowest BCUT2D eigenvalue weighted by atomic mass is 10.0. The SMILES string of the molecule is Cc1nc(C)c(C2(C)CNCCO2)s1. The molecule has 1 fully saturated rings. The van der Waals surface area contributed by atoms with Gasteiger partial charge in [-0.3, -0.25) is 0 Å². The summed E-state index contributed by atoms with van der Waals surface area (Å²) in [6.45, 7) is 8.86. The number of morpholine rings is 1. The third-order valence-corrected chi connectivity index (χ3v) is 3.86. The summed E-state index contributed by atoms with van der Waals surface area (Å²) in [4.78, 5) is 5.71. The minimum absolute atomic E-state index is 0.172. The first-order chi connectivity index (χ1) is 6.62. The van der Waals surface area contributed by atoms with Gasteiger partial charge in [0, 0.05) is 13.1 Å². The maximum absolute atomic E-state index is 5.85. The molecule has 0 aliphatic carbocycles. The van der Waals surface area contributed by atoms with Gasteiger partial charge in [-0.15, -0.1) is 11.3 Å². The number of nitrogens with one attached hydrogen (secondary N) is 1. The van der Waals surface area contributed by atoms with Crippen LogP contribution in [0.2, 0.25) is 0 Å². The third kappa shape index (κ3) is 1.69. The van der Waals surface area contributed by atoms with Crippen molar-refractivity contribution >= 4 is 11.3 Å². The highest BCUT2D eigenvalue weighted by Crippen LogP contribution is 2.33. The zero-order valence-corrected chi connectivity index (χ0v) is 9.70. The molecule has 1 aliphatic heterocycles. The molecule has 1 aromatic rings. The van der Waals surface area contributed by atoms with Gasteiger partial charge in [-0.25, -0.2) is 4.98 Å². The van der Waals surface area contributed by atoms with E-state index >= 15 is 0 Å². The van der Waals surface area contributed by atoms with E-state index in [9.17, 15) is 0 Å². The van der Waals surface area contributed by atoms with Crippen molar-refractivity contribution in [3.8, 4) is 0 Å². The van der Waals surface area contributed by atoms with Crippen molar-refractivity contribution in [1.29, 1.82) is 0 Å². The van der Waals surface area contributed by atoms with E-state index in [0.717, 1.165) is 30.4 Å². The molecule has 4 heteroatoms. The molecule has 0 spiro atoms. The Bertz CT molecular complexity index is 329. The molecular formula is C10H16N2OS. The average Bonchev–Trinajstić information content (AvgIpc) is 2.47. The van der Waals surface area contributed by atoms with E-state index in [1.165, 1.54) is 4.88 Å². The lowest BCUT2D eigenvalue weighted by molar-refractivity contribution is -0.0551. The van der Waals surface area contributed by atoms with Gasteiger partial charge in [0.1, 0.15) is 5.60 Å². The van der Waals surface area contributed by atoms with Gasteiger partial charge < -0.3 is 10.1 Å². The van der Waals surface area contributed by atoms with Crippen LogP contribution < -0.4 is 5.32 Å². The normalized spacial score (nSPS) is 27.9. The molecule has 0 aromatic carbocycles. The molecule has 1 saturated heterocycles. The Kier molecular flexibility index (Phi) is 2.60. The summed E-state index contributed by atoms with van der Waals surface area (Å²) in [6.07, 6.45) is 0. The number of rotatable bonds is 1. The van der Waals surface area contributed by atoms with Gasteiger partial charge in [-0.1, -0.05) is 0 Å². The van der Waals surface area contributed by atoms with Crippen LogP contribution in [-0.4, -0.2) is 24.7 Å². The summed E-state index contributed by atoms with van der Waals surface area (Å²) < 4.78 is 5.85. The fourth-order valence-electron chi connectivity index (χ4n) is 1.89. The van der Waals surface area contributed by atoms with E-state index in [4.69, 9.17) is 4.74 Å². The smallest absolute Gasteiger partial charge is 0.114 e. The fourth-order valence-corrected chi connectivity index (χ4v) is 2.91. The van der Waals surface area contributed by atoms with Crippen LogP contribution >= 0.6 is 11.3 Å². The van der Waals surface area contributed by atoms with Crippen molar-refractivity contribution in [1.82, 2.24) is 10.3 Å². The Morgan fingerprint density at radius 3 is 2.79 bits per heavy atom. The quantitative estimate of drug-likeness (QED) is 0.767. The summed E-state index contributed by atoms with van der Waals surface area (Å²) in [6, 6.07) is 0. The molecule has 0 amide bonds. The third-order valence-electron chi connectivity index (χ3n) is 2.55. The number of nitrogens with zero attached hydrogens (tertiary/aromatic N) is 1. The Balaban J connectivity index is 2.32. The van der Waals surface area contributed by atoms with Gasteiger partial charge in [0.2, 0.25) is 0 Å². The van der Waals surface area contributed by atoms with Crippen molar-refractivity contribution in [2.75, 3.05) is 19.7 Å². The Hall–Kier alpha value is -0.450. The summed E-state index contributed by atoms with van der Waals surface area (Å²) in [5.41, 5.74) is 0.938. The molecule has 1 N–H and O–H groups in total. The van der Waals surface area contributed by atoms with Gasteiger partial charge in [0.05, 0.1) is 22.2 Å². The first-order valence-corrected chi connectivity index (χ1v) is 5.73. The van der Waals surface area contributed by atoms with E-state index in [-0.39, 0.29) is 5.60 Å². The largest absolute Gasteiger partial charge is 0.367 e. The minimum Gasteiger partial charge on any atom is -0.367 e. The van der Waals surface area contributed by atoms with Crippen LogP contribution in [0, 0.1) is 13.8 Å². The molecule has 0 radical (unpaired) electrons. The van der Waals surface area contributed by atoms with Crippen LogP contribution in [0.3, 0.4) is 0 Å². The number of hydrogen-bond donors (Lipinski definition) is 1. The molecule has 2 rings (SSSR count). The van der Waals surface area contributed by atoms with Crippen LogP contribution in [0.1, 0.15) is 22.5 Å². The molecule has 3 nitrogen and oxygen atoms in total. The maximum Gasteiger partial charge on any atom is 0.114 e. The minimum atomic E-state index is -0.172. The van der Waals surface area contributed by atoms with Gasteiger partial charge in [-0.05, 0) is 20.8 Å². The van der Waals surface area contributed by atoms with Crippen LogP contribution in [0.15, 0.2) is 0 Å². The van der Waals surface area contributed by atoms with Crippen LogP contribution in [-0.2, 0) is 10.3 Å². The Labute approximate surface area is 88.5 Å².